The molecule has 2 aromatic heterocycles. The molecule has 0 aliphatic heterocycles. The molecular weight excluding hydrogens is 280 g/mol. The van der Waals surface area contributed by atoms with Crippen molar-refractivity contribution >= 4 is 33.0 Å². The Morgan fingerprint density at radius 3 is 2.89 bits per heavy atom. The molecule has 19 heavy (non-hydrogen) atoms. The lowest BCUT2D eigenvalue weighted by atomic mass is 10.0. The second-order valence-corrected chi connectivity index (χ2v) is 5.29. The predicted molar refractivity (Wildman–Crippen MR) is 77.6 cm³/mol. The van der Waals surface area contributed by atoms with Crippen LogP contribution >= 0.6 is 22.9 Å². The Bertz CT molecular complexity index is 873. The number of nitrogens with zero attached hydrogens (tertiary/aromatic N) is 1. The van der Waals surface area contributed by atoms with E-state index in [4.69, 9.17) is 16.9 Å². The van der Waals surface area contributed by atoms with Gasteiger partial charge in [-0.15, -0.1) is 11.3 Å². The molecule has 0 bridgehead atoms. The SMILES string of the molecule is N#Cc1ccc(-c2csc3c(=O)[nH]ccc23)cc1Cl. The first-order valence-electron chi connectivity index (χ1n) is 5.49. The molecule has 1 N–H and O–H groups in total. The summed E-state index contributed by atoms with van der Waals surface area (Å²) in [5.74, 6) is 0. The highest BCUT2D eigenvalue weighted by Gasteiger charge is 2.10. The fraction of sp³-hybridized carbons (Fsp3) is 0. The van der Waals surface area contributed by atoms with Gasteiger partial charge in [-0.3, -0.25) is 4.79 Å². The summed E-state index contributed by atoms with van der Waals surface area (Å²) in [5, 5.41) is 12.1. The molecule has 3 nitrogen and oxygen atoms in total. The van der Waals surface area contributed by atoms with Crippen molar-refractivity contribution in [2.24, 2.45) is 0 Å². The van der Waals surface area contributed by atoms with Crippen molar-refractivity contribution in [3.63, 3.8) is 0 Å². The molecule has 0 radical (unpaired) electrons. The molecule has 92 valence electrons. The molecule has 2 heterocycles. The molecule has 0 aliphatic carbocycles. The third-order valence-electron chi connectivity index (χ3n) is 2.90. The maximum atomic E-state index is 11.7. The maximum Gasteiger partial charge on any atom is 0.265 e. The number of hydrogen-bond donors (Lipinski definition) is 1. The van der Waals surface area contributed by atoms with Gasteiger partial charge in [0.25, 0.3) is 5.56 Å². The highest BCUT2D eigenvalue weighted by Crippen LogP contribution is 2.33. The van der Waals surface area contributed by atoms with Crippen LogP contribution in [0.4, 0.5) is 0 Å². The first kappa shape index (κ1) is 12.0. The minimum absolute atomic E-state index is 0.0894. The van der Waals surface area contributed by atoms with Crippen LogP contribution < -0.4 is 5.56 Å². The van der Waals surface area contributed by atoms with E-state index in [0.29, 0.717) is 15.3 Å². The van der Waals surface area contributed by atoms with Gasteiger partial charge in [0, 0.05) is 22.5 Å². The molecule has 0 saturated heterocycles. The summed E-state index contributed by atoms with van der Waals surface area (Å²) in [5.41, 5.74) is 2.22. The monoisotopic (exact) mass is 286 g/mol. The predicted octanol–water partition coefficient (Wildman–Crippen LogP) is 3.78. The summed E-state index contributed by atoms with van der Waals surface area (Å²) in [6, 6.07) is 9.18. The molecule has 0 saturated carbocycles. The van der Waals surface area contributed by atoms with E-state index in [1.165, 1.54) is 11.3 Å². The number of aromatic amines is 1. The summed E-state index contributed by atoms with van der Waals surface area (Å²) >= 11 is 7.44. The minimum atomic E-state index is -0.0894. The molecule has 0 unspecified atom stereocenters. The first-order chi connectivity index (χ1) is 9.20. The normalized spacial score (nSPS) is 10.5. The number of benzene rings is 1. The summed E-state index contributed by atoms with van der Waals surface area (Å²) in [4.78, 5) is 14.3. The average Bonchev–Trinajstić information content (AvgIpc) is 2.84. The molecule has 5 heteroatoms. The number of nitrogens with one attached hydrogen (secondary N) is 1. The van der Waals surface area contributed by atoms with Gasteiger partial charge in [-0.1, -0.05) is 17.7 Å². The second kappa shape index (κ2) is 4.54. The molecule has 0 aliphatic rings. The van der Waals surface area contributed by atoms with Gasteiger partial charge in [0.15, 0.2) is 0 Å². The first-order valence-corrected chi connectivity index (χ1v) is 6.75. The molecular formula is C14H7ClN2OS. The van der Waals surface area contributed by atoms with Crippen LogP contribution in [0.2, 0.25) is 5.02 Å². The fourth-order valence-electron chi connectivity index (χ4n) is 1.97. The zero-order chi connectivity index (χ0) is 13.4. The van der Waals surface area contributed by atoms with Gasteiger partial charge in [-0.2, -0.15) is 5.26 Å². The highest BCUT2D eigenvalue weighted by molar-refractivity contribution is 7.17. The zero-order valence-corrected chi connectivity index (χ0v) is 11.2. The van der Waals surface area contributed by atoms with Crippen LogP contribution in [0.1, 0.15) is 5.56 Å². The Morgan fingerprint density at radius 2 is 2.16 bits per heavy atom. The van der Waals surface area contributed by atoms with E-state index < -0.39 is 0 Å². The van der Waals surface area contributed by atoms with Crippen molar-refractivity contribution in [3.8, 4) is 17.2 Å². The largest absolute Gasteiger partial charge is 0.328 e. The van der Waals surface area contributed by atoms with Crippen LogP contribution in [-0.2, 0) is 0 Å². The second-order valence-electron chi connectivity index (χ2n) is 4.01. The molecule has 0 amide bonds. The van der Waals surface area contributed by atoms with Gasteiger partial charge in [-0.25, -0.2) is 0 Å². The Hall–Kier alpha value is -2.09. The van der Waals surface area contributed by atoms with Crippen LogP contribution in [0.15, 0.2) is 40.6 Å². The molecule has 0 fully saturated rings. The Kier molecular flexibility index (Phi) is 2.86. The van der Waals surface area contributed by atoms with Crippen LogP contribution in [-0.4, -0.2) is 4.98 Å². The van der Waals surface area contributed by atoms with E-state index in [9.17, 15) is 4.79 Å². The van der Waals surface area contributed by atoms with E-state index >= 15 is 0 Å². The number of aromatic nitrogens is 1. The Balaban J connectivity index is 2.26. The quantitative estimate of drug-likeness (QED) is 0.740. The summed E-state index contributed by atoms with van der Waals surface area (Å²) < 4.78 is 0.693. The van der Waals surface area contributed by atoms with Crippen molar-refractivity contribution in [1.82, 2.24) is 4.98 Å². The van der Waals surface area contributed by atoms with Crippen molar-refractivity contribution in [2.45, 2.75) is 0 Å². The molecule has 0 atom stereocenters. The minimum Gasteiger partial charge on any atom is -0.328 e. The number of hydrogen-bond acceptors (Lipinski definition) is 3. The third kappa shape index (κ3) is 1.93. The number of H-pyrrole nitrogens is 1. The third-order valence-corrected chi connectivity index (χ3v) is 4.21. The number of fused-ring (bicyclic) bond motifs is 1. The Morgan fingerprint density at radius 1 is 1.32 bits per heavy atom. The van der Waals surface area contributed by atoms with E-state index in [2.05, 4.69) is 4.98 Å². The van der Waals surface area contributed by atoms with Gasteiger partial charge in [0.2, 0.25) is 0 Å². The average molecular weight is 287 g/mol. The molecule has 0 spiro atoms. The van der Waals surface area contributed by atoms with Crippen molar-refractivity contribution in [1.29, 1.82) is 5.26 Å². The van der Waals surface area contributed by atoms with Gasteiger partial charge in [0.05, 0.1) is 10.6 Å². The van der Waals surface area contributed by atoms with Gasteiger partial charge in [0.1, 0.15) is 10.8 Å². The summed E-state index contributed by atoms with van der Waals surface area (Å²) in [6.45, 7) is 0. The van der Waals surface area contributed by atoms with Crippen LogP contribution in [0.5, 0.6) is 0 Å². The number of nitriles is 1. The smallest absolute Gasteiger partial charge is 0.265 e. The summed E-state index contributed by atoms with van der Waals surface area (Å²) in [6.07, 6.45) is 1.63. The maximum absolute atomic E-state index is 11.7. The fourth-order valence-corrected chi connectivity index (χ4v) is 3.16. The number of rotatable bonds is 1. The zero-order valence-electron chi connectivity index (χ0n) is 9.61. The standard InChI is InChI=1S/C14H7ClN2OS/c15-12-5-8(1-2-9(12)6-16)11-7-19-13-10(11)3-4-17-14(13)18/h1-5,7H,(H,17,18). The van der Waals surface area contributed by atoms with Crippen LogP contribution in [0.3, 0.4) is 0 Å². The lowest BCUT2D eigenvalue weighted by molar-refractivity contribution is 1.29. The lowest BCUT2D eigenvalue weighted by Gasteiger charge is -2.02. The van der Waals surface area contributed by atoms with Crippen molar-refractivity contribution in [2.75, 3.05) is 0 Å². The van der Waals surface area contributed by atoms with E-state index in [1.807, 2.05) is 23.6 Å². The topological polar surface area (TPSA) is 56.6 Å². The van der Waals surface area contributed by atoms with E-state index in [-0.39, 0.29) is 5.56 Å². The van der Waals surface area contributed by atoms with Crippen molar-refractivity contribution < 1.29 is 0 Å². The van der Waals surface area contributed by atoms with Gasteiger partial charge in [-0.05, 0) is 23.8 Å². The van der Waals surface area contributed by atoms with Crippen LogP contribution in [0, 0.1) is 11.3 Å². The molecule has 1 aromatic carbocycles. The summed E-state index contributed by atoms with van der Waals surface area (Å²) in [7, 11) is 0. The van der Waals surface area contributed by atoms with E-state index in [1.54, 1.807) is 18.3 Å². The molecule has 3 rings (SSSR count). The Labute approximate surface area is 117 Å². The van der Waals surface area contributed by atoms with Gasteiger partial charge >= 0.3 is 0 Å². The molecule has 3 aromatic rings. The highest BCUT2D eigenvalue weighted by atomic mass is 35.5. The number of pyridine rings is 1. The number of halogens is 1. The van der Waals surface area contributed by atoms with Crippen molar-refractivity contribution in [3.05, 3.63) is 56.8 Å². The number of thiophene rings is 1. The van der Waals surface area contributed by atoms with Gasteiger partial charge < -0.3 is 4.98 Å². The van der Waals surface area contributed by atoms with E-state index in [0.717, 1.165) is 16.5 Å². The lowest BCUT2D eigenvalue weighted by Crippen LogP contribution is -2.01. The van der Waals surface area contributed by atoms with Crippen LogP contribution in [0.25, 0.3) is 21.2 Å².